The van der Waals surface area contributed by atoms with Crippen LogP contribution in [0.3, 0.4) is 0 Å². The summed E-state index contributed by atoms with van der Waals surface area (Å²) in [7, 11) is 0. The Morgan fingerprint density at radius 3 is 2.76 bits per heavy atom. The van der Waals surface area contributed by atoms with Gasteiger partial charge in [0.15, 0.2) is 17.4 Å². The lowest BCUT2D eigenvalue weighted by Crippen LogP contribution is -1.99. The number of thioether (sulfide) groups is 1. The number of anilines is 3. The molecule has 0 bridgehead atoms. The third-order valence-electron chi connectivity index (χ3n) is 4.53. The zero-order valence-electron chi connectivity index (χ0n) is 18.5. The molecule has 0 aliphatic heterocycles. The normalized spacial score (nSPS) is 10.6. The monoisotopic (exact) mass is 476 g/mol. The molecule has 0 saturated heterocycles. The van der Waals surface area contributed by atoms with E-state index in [9.17, 15) is 0 Å². The van der Waals surface area contributed by atoms with E-state index in [1.807, 2.05) is 55.5 Å². The van der Waals surface area contributed by atoms with Gasteiger partial charge in [0.1, 0.15) is 11.6 Å². The summed E-state index contributed by atoms with van der Waals surface area (Å²) in [6.07, 6.45) is 1.70. The van der Waals surface area contributed by atoms with Gasteiger partial charge >= 0.3 is 0 Å². The number of nitrogens with one attached hydrogen (secondary N) is 3. The Balaban J connectivity index is 1.38. The number of nitrogens with zero attached hydrogens (tertiary/aromatic N) is 4. The maximum absolute atomic E-state index is 6.85. The molecule has 0 aliphatic rings. The standard InChI is InChI=1S/C23H24N8O2S/c1-15-4-2-5-17(12-15)26-22-29-21(30-31-22)16-6-8-18(9-7-16)33-20-13-19(25)27-23(28-20)34-11-3-10-32-14-24/h2,4-9,12-14,24H,3,10-11H2,1H3,(H2,25,27,28)(H2,26,29,30,31). The van der Waals surface area contributed by atoms with Crippen LogP contribution >= 0.6 is 11.8 Å². The van der Waals surface area contributed by atoms with Crippen LogP contribution in [0.5, 0.6) is 11.6 Å². The highest BCUT2D eigenvalue weighted by Gasteiger charge is 2.09. The van der Waals surface area contributed by atoms with Gasteiger partial charge in [-0.1, -0.05) is 23.9 Å². The van der Waals surface area contributed by atoms with Crippen molar-refractivity contribution < 1.29 is 9.47 Å². The summed E-state index contributed by atoms with van der Waals surface area (Å²) < 4.78 is 10.8. The highest BCUT2D eigenvalue weighted by atomic mass is 32.2. The van der Waals surface area contributed by atoms with E-state index < -0.39 is 0 Å². The number of benzene rings is 2. The minimum absolute atomic E-state index is 0.329. The fraction of sp³-hybridized carbons (Fsp3) is 0.174. The fourth-order valence-corrected chi connectivity index (χ4v) is 3.77. The molecule has 0 saturated carbocycles. The molecule has 2 aromatic carbocycles. The molecule has 0 atom stereocenters. The van der Waals surface area contributed by atoms with Crippen LogP contribution in [0.4, 0.5) is 17.5 Å². The Bertz CT molecular complexity index is 1250. The van der Waals surface area contributed by atoms with E-state index in [0.717, 1.165) is 35.4 Å². The zero-order chi connectivity index (χ0) is 23.8. The molecule has 2 heterocycles. The van der Waals surface area contributed by atoms with Crippen molar-refractivity contribution in [2.24, 2.45) is 0 Å². The Morgan fingerprint density at radius 2 is 1.97 bits per heavy atom. The lowest BCUT2D eigenvalue weighted by atomic mass is 10.2. The fourth-order valence-electron chi connectivity index (χ4n) is 3.00. The number of nitrogen functional groups attached to an aromatic ring is 1. The molecule has 10 nitrogen and oxygen atoms in total. The quantitative estimate of drug-likeness (QED) is 0.0788. The molecule has 11 heteroatoms. The lowest BCUT2D eigenvalue weighted by molar-refractivity contribution is 0.318. The van der Waals surface area contributed by atoms with E-state index in [0.29, 0.717) is 41.0 Å². The van der Waals surface area contributed by atoms with Crippen LogP contribution < -0.4 is 15.8 Å². The predicted octanol–water partition coefficient (Wildman–Crippen LogP) is 4.79. The third-order valence-corrected chi connectivity index (χ3v) is 5.47. The lowest BCUT2D eigenvalue weighted by Gasteiger charge is -2.08. The van der Waals surface area contributed by atoms with Crippen LogP contribution in [0.1, 0.15) is 12.0 Å². The van der Waals surface area contributed by atoms with Crippen molar-refractivity contribution >= 4 is 35.6 Å². The number of hydrogen-bond donors (Lipinski definition) is 4. The third kappa shape index (κ3) is 6.45. The number of nitrogens with two attached hydrogens (primary N) is 1. The molecule has 0 spiro atoms. The molecule has 174 valence electrons. The Labute approximate surface area is 200 Å². The smallest absolute Gasteiger partial charge is 0.246 e. The van der Waals surface area contributed by atoms with Crippen molar-refractivity contribution in [1.29, 1.82) is 5.41 Å². The van der Waals surface area contributed by atoms with Gasteiger partial charge in [0.05, 0.1) is 6.61 Å². The highest BCUT2D eigenvalue weighted by Crippen LogP contribution is 2.27. The van der Waals surface area contributed by atoms with Crippen LogP contribution in [0, 0.1) is 12.3 Å². The number of aromatic amines is 1. The second kappa shape index (κ2) is 11.1. The average Bonchev–Trinajstić information content (AvgIpc) is 3.27. The van der Waals surface area contributed by atoms with Gasteiger partial charge in [-0.05, 0) is 55.3 Å². The number of H-pyrrole nitrogens is 1. The minimum Gasteiger partial charge on any atom is -0.484 e. The van der Waals surface area contributed by atoms with Gasteiger partial charge in [-0.25, -0.2) is 4.98 Å². The van der Waals surface area contributed by atoms with Crippen LogP contribution in [0.25, 0.3) is 11.4 Å². The summed E-state index contributed by atoms with van der Waals surface area (Å²) in [5, 5.41) is 17.8. The molecule has 0 radical (unpaired) electrons. The molecule has 2 aromatic heterocycles. The average molecular weight is 477 g/mol. The van der Waals surface area contributed by atoms with Crippen molar-refractivity contribution in [1.82, 2.24) is 25.1 Å². The molecule has 0 unspecified atom stereocenters. The van der Waals surface area contributed by atoms with Gasteiger partial charge in [0, 0.05) is 23.1 Å². The van der Waals surface area contributed by atoms with E-state index in [4.69, 9.17) is 20.6 Å². The first-order chi connectivity index (χ1) is 16.6. The molecule has 4 aromatic rings. The summed E-state index contributed by atoms with van der Waals surface area (Å²) in [4.78, 5) is 13.1. The first kappa shape index (κ1) is 23.1. The Kier molecular flexibility index (Phi) is 7.56. The SMILES string of the molecule is Cc1cccc(Nc2n[nH]c(-c3ccc(Oc4cc(N)nc(SCCCOC=N)n4)cc3)n2)c1. The molecule has 0 fully saturated rings. The summed E-state index contributed by atoms with van der Waals surface area (Å²) in [6, 6.07) is 17.0. The van der Waals surface area contributed by atoms with E-state index in [1.165, 1.54) is 11.8 Å². The summed E-state index contributed by atoms with van der Waals surface area (Å²) in [6.45, 7) is 2.51. The van der Waals surface area contributed by atoms with E-state index in [1.54, 1.807) is 6.07 Å². The van der Waals surface area contributed by atoms with Crippen LogP contribution in [-0.2, 0) is 4.74 Å². The Morgan fingerprint density at radius 1 is 1.12 bits per heavy atom. The summed E-state index contributed by atoms with van der Waals surface area (Å²) >= 11 is 1.45. The Hall–Kier alpha value is -4.12. The van der Waals surface area contributed by atoms with E-state index in [2.05, 4.69) is 30.5 Å². The van der Waals surface area contributed by atoms with Gasteiger partial charge in [-0.3, -0.25) is 10.5 Å². The van der Waals surface area contributed by atoms with Gasteiger partial charge in [0.2, 0.25) is 11.8 Å². The van der Waals surface area contributed by atoms with E-state index >= 15 is 0 Å². The summed E-state index contributed by atoms with van der Waals surface area (Å²) in [5.41, 5.74) is 8.85. The van der Waals surface area contributed by atoms with Gasteiger partial charge in [-0.15, -0.1) is 5.10 Å². The number of rotatable bonds is 11. The van der Waals surface area contributed by atoms with Crippen LogP contribution in [0.2, 0.25) is 0 Å². The molecule has 34 heavy (non-hydrogen) atoms. The molecule has 4 rings (SSSR count). The maximum Gasteiger partial charge on any atom is 0.246 e. The predicted molar refractivity (Wildman–Crippen MR) is 133 cm³/mol. The molecular weight excluding hydrogens is 452 g/mol. The number of aromatic nitrogens is 5. The first-order valence-electron chi connectivity index (χ1n) is 10.5. The van der Waals surface area contributed by atoms with Crippen molar-refractivity contribution in [3.8, 4) is 23.0 Å². The van der Waals surface area contributed by atoms with Gasteiger partial charge in [-0.2, -0.15) is 9.97 Å². The van der Waals surface area contributed by atoms with Gasteiger partial charge < -0.3 is 20.5 Å². The molecule has 0 aliphatic carbocycles. The first-order valence-corrected chi connectivity index (χ1v) is 11.5. The molecule has 5 N–H and O–H groups in total. The number of ether oxygens (including phenoxy) is 2. The van der Waals surface area contributed by atoms with Crippen molar-refractivity contribution in [3.63, 3.8) is 0 Å². The summed E-state index contributed by atoms with van der Waals surface area (Å²) in [5.74, 6) is 3.17. The zero-order valence-corrected chi connectivity index (χ0v) is 19.3. The van der Waals surface area contributed by atoms with Crippen molar-refractivity contribution in [2.75, 3.05) is 23.4 Å². The van der Waals surface area contributed by atoms with Crippen LogP contribution in [0.15, 0.2) is 59.8 Å². The second-order valence-corrected chi connectivity index (χ2v) is 8.29. The van der Waals surface area contributed by atoms with Crippen molar-refractivity contribution in [2.45, 2.75) is 18.5 Å². The largest absolute Gasteiger partial charge is 0.484 e. The highest BCUT2D eigenvalue weighted by molar-refractivity contribution is 7.99. The second-order valence-electron chi connectivity index (χ2n) is 7.23. The van der Waals surface area contributed by atoms with Gasteiger partial charge in [0.25, 0.3) is 0 Å². The minimum atomic E-state index is 0.329. The number of hydrogen-bond acceptors (Lipinski definition) is 10. The maximum atomic E-state index is 6.85. The molecular formula is C23H24N8O2S. The van der Waals surface area contributed by atoms with E-state index in [-0.39, 0.29) is 0 Å². The van der Waals surface area contributed by atoms with Crippen LogP contribution in [-0.4, -0.2) is 43.9 Å². The molecule has 0 amide bonds. The number of aryl methyl sites for hydroxylation is 1. The topological polar surface area (TPSA) is 148 Å². The van der Waals surface area contributed by atoms with Crippen molar-refractivity contribution in [3.05, 3.63) is 60.2 Å².